The van der Waals surface area contributed by atoms with E-state index in [-0.39, 0.29) is 18.9 Å². The molecule has 0 saturated heterocycles. The van der Waals surface area contributed by atoms with Crippen LogP contribution in [-0.2, 0) is 12.8 Å². The van der Waals surface area contributed by atoms with Crippen LogP contribution in [-0.4, -0.2) is 12.8 Å². The van der Waals surface area contributed by atoms with Crippen LogP contribution in [0, 0.1) is 0 Å². The number of anilines is 1. The molecule has 0 spiro atoms. The normalized spacial score (nSPS) is 15.7. The maximum atomic E-state index is 12.3. The van der Waals surface area contributed by atoms with Gasteiger partial charge in [-0.15, -0.1) is 0 Å². The molecule has 2 aromatic carbocycles. The molecular weight excluding hydrogens is 304 g/mol. The SMILES string of the molecule is C[C@H](NC(=O)Nc1ccc2c(c1)CCC2)c1ccc2c(c1)OCO2. The minimum atomic E-state index is -0.210. The number of hydrogen-bond donors (Lipinski definition) is 2. The summed E-state index contributed by atoms with van der Waals surface area (Å²) < 4.78 is 10.7. The molecule has 1 aliphatic heterocycles. The summed E-state index contributed by atoms with van der Waals surface area (Å²) >= 11 is 0. The molecule has 1 atom stereocenters. The Labute approximate surface area is 141 Å². The van der Waals surface area contributed by atoms with Crippen molar-refractivity contribution in [2.45, 2.75) is 32.2 Å². The summed E-state index contributed by atoms with van der Waals surface area (Å²) in [4.78, 5) is 12.3. The molecular formula is C19H20N2O3. The largest absolute Gasteiger partial charge is 0.454 e. The average Bonchev–Trinajstić information content (AvgIpc) is 3.22. The van der Waals surface area contributed by atoms with Crippen LogP contribution >= 0.6 is 0 Å². The Morgan fingerprint density at radius 1 is 1.04 bits per heavy atom. The van der Waals surface area contributed by atoms with Crippen molar-refractivity contribution in [3.8, 4) is 11.5 Å². The molecule has 4 rings (SSSR count). The molecule has 0 fully saturated rings. The van der Waals surface area contributed by atoms with E-state index < -0.39 is 0 Å². The zero-order valence-electron chi connectivity index (χ0n) is 13.6. The number of rotatable bonds is 3. The fraction of sp³-hybridized carbons (Fsp3) is 0.316. The van der Waals surface area contributed by atoms with Crippen molar-refractivity contribution in [1.82, 2.24) is 5.32 Å². The summed E-state index contributed by atoms with van der Waals surface area (Å²) in [6.45, 7) is 2.19. The molecule has 0 unspecified atom stereocenters. The number of urea groups is 1. The lowest BCUT2D eigenvalue weighted by Gasteiger charge is -2.16. The number of amides is 2. The number of nitrogens with one attached hydrogen (secondary N) is 2. The quantitative estimate of drug-likeness (QED) is 0.903. The van der Waals surface area contributed by atoms with Gasteiger partial charge in [0.2, 0.25) is 6.79 Å². The van der Waals surface area contributed by atoms with E-state index in [1.165, 1.54) is 17.5 Å². The first-order valence-electron chi connectivity index (χ1n) is 8.28. The van der Waals surface area contributed by atoms with Crippen molar-refractivity contribution < 1.29 is 14.3 Å². The van der Waals surface area contributed by atoms with E-state index in [1.807, 2.05) is 31.2 Å². The van der Waals surface area contributed by atoms with Crippen LogP contribution in [0.5, 0.6) is 11.5 Å². The van der Waals surface area contributed by atoms with Crippen molar-refractivity contribution in [2.75, 3.05) is 12.1 Å². The molecule has 2 N–H and O–H groups in total. The molecule has 5 nitrogen and oxygen atoms in total. The smallest absolute Gasteiger partial charge is 0.319 e. The maximum Gasteiger partial charge on any atom is 0.319 e. The second-order valence-corrected chi connectivity index (χ2v) is 6.27. The third-order valence-corrected chi connectivity index (χ3v) is 4.60. The standard InChI is InChI=1S/C19H20N2O3/c1-12(14-6-8-17-18(10-14)24-11-23-17)20-19(22)21-16-7-5-13-3-2-4-15(13)9-16/h5-10,12H,2-4,11H2,1H3,(H2,20,21,22)/t12-/m0/s1. The molecule has 0 aromatic heterocycles. The van der Waals surface area contributed by atoms with Crippen LogP contribution in [0.3, 0.4) is 0 Å². The van der Waals surface area contributed by atoms with E-state index in [4.69, 9.17) is 9.47 Å². The lowest BCUT2D eigenvalue weighted by molar-refractivity contribution is 0.174. The van der Waals surface area contributed by atoms with Gasteiger partial charge in [0.05, 0.1) is 6.04 Å². The van der Waals surface area contributed by atoms with E-state index in [2.05, 4.69) is 22.8 Å². The van der Waals surface area contributed by atoms with E-state index >= 15 is 0 Å². The second kappa shape index (κ2) is 6.07. The fourth-order valence-electron chi connectivity index (χ4n) is 3.28. The third-order valence-electron chi connectivity index (χ3n) is 4.60. The first-order chi connectivity index (χ1) is 11.7. The van der Waals surface area contributed by atoms with E-state index in [9.17, 15) is 4.79 Å². The number of carbonyl (C=O) groups is 1. The highest BCUT2D eigenvalue weighted by atomic mass is 16.7. The van der Waals surface area contributed by atoms with Crippen LogP contribution in [0.2, 0.25) is 0 Å². The lowest BCUT2D eigenvalue weighted by atomic mass is 10.1. The van der Waals surface area contributed by atoms with Gasteiger partial charge in [-0.3, -0.25) is 0 Å². The molecule has 1 aliphatic carbocycles. The minimum Gasteiger partial charge on any atom is -0.454 e. The Bertz CT molecular complexity index is 788. The van der Waals surface area contributed by atoms with E-state index in [0.29, 0.717) is 0 Å². The molecule has 0 bridgehead atoms. The number of hydrogen-bond acceptors (Lipinski definition) is 3. The minimum absolute atomic E-state index is 0.131. The summed E-state index contributed by atoms with van der Waals surface area (Å²) in [5, 5.41) is 5.88. The summed E-state index contributed by atoms with van der Waals surface area (Å²) in [6, 6.07) is 11.5. The van der Waals surface area contributed by atoms with Gasteiger partial charge in [-0.2, -0.15) is 0 Å². The fourth-order valence-corrected chi connectivity index (χ4v) is 3.28. The predicted molar refractivity (Wildman–Crippen MR) is 91.6 cm³/mol. The highest BCUT2D eigenvalue weighted by Gasteiger charge is 2.17. The predicted octanol–water partition coefficient (Wildman–Crippen LogP) is 3.79. The first-order valence-corrected chi connectivity index (χ1v) is 8.28. The molecule has 2 aliphatic rings. The Balaban J connectivity index is 1.40. The van der Waals surface area contributed by atoms with Gasteiger partial charge in [-0.05, 0) is 67.1 Å². The van der Waals surface area contributed by atoms with E-state index in [1.54, 1.807) is 0 Å². The van der Waals surface area contributed by atoms with Crippen molar-refractivity contribution in [2.24, 2.45) is 0 Å². The van der Waals surface area contributed by atoms with Crippen LogP contribution in [0.25, 0.3) is 0 Å². The summed E-state index contributed by atoms with van der Waals surface area (Å²) in [5.41, 5.74) is 4.56. The zero-order valence-corrected chi connectivity index (χ0v) is 13.6. The molecule has 0 radical (unpaired) electrons. The zero-order chi connectivity index (χ0) is 16.5. The van der Waals surface area contributed by atoms with Crippen molar-refractivity contribution in [3.63, 3.8) is 0 Å². The van der Waals surface area contributed by atoms with Crippen LogP contribution < -0.4 is 20.1 Å². The Morgan fingerprint density at radius 3 is 2.79 bits per heavy atom. The molecule has 5 heteroatoms. The van der Waals surface area contributed by atoms with Gasteiger partial charge in [-0.25, -0.2) is 4.79 Å². The Hall–Kier alpha value is -2.69. The van der Waals surface area contributed by atoms with E-state index in [0.717, 1.165) is 35.6 Å². The molecule has 124 valence electrons. The van der Waals surface area contributed by atoms with Crippen molar-refractivity contribution >= 4 is 11.7 Å². The van der Waals surface area contributed by atoms with Gasteiger partial charge in [0.15, 0.2) is 11.5 Å². The van der Waals surface area contributed by atoms with Gasteiger partial charge < -0.3 is 20.1 Å². The lowest BCUT2D eigenvalue weighted by Crippen LogP contribution is -2.31. The topological polar surface area (TPSA) is 59.6 Å². The van der Waals surface area contributed by atoms with Crippen molar-refractivity contribution in [1.29, 1.82) is 0 Å². The van der Waals surface area contributed by atoms with Gasteiger partial charge in [0.25, 0.3) is 0 Å². The Kier molecular flexibility index (Phi) is 3.76. The second-order valence-electron chi connectivity index (χ2n) is 6.27. The van der Waals surface area contributed by atoms with Crippen LogP contribution in [0.1, 0.15) is 36.1 Å². The van der Waals surface area contributed by atoms with Crippen LogP contribution in [0.4, 0.5) is 10.5 Å². The average molecular weight is 324 g/mol. The molecule has 1 heterocycles. The number of carbonyl (C=O) groups excluding carboxylic acids is 1. The molecule has 24 heavy (non-hydrogen) atoms. The third kappa shape index (κ3) is 2.89. The molecule has 2 aromatic rings. The molecule has 2 amide bonds. The first kappa shape index (κ1) is 14.9. The van der Waals surface area contributed by atoms with Crippen LogP contribution in [0.15, 0.2) is 36.4 Å². The highest BCUT2D eigenvalue weighted by Crippen LogP contribution is 2.34. The Morgan fingerprint density at radius 2 is 1.88 bits per heavy atom. The summed E-state index contributed by atoms with van der Waals surface area (Å²) in [5.74, 6) is 1.47. The van der Waals surface area contributed by atoms with Gasteiger partial charge >= 0.3 is 6.03 Å². The number of aryl methyl sites for hydroxylation is 2. The maximum absolute atomic E-state index is 12.3. The number of benzene rings is 2. The highest BCUT2D eigenvalue weighted by molar-refractivity contribution is 5.89. The molecule has 0 saturated carbocycles. The van der Waals surface area contributed by atoms with Gasteiger partial charge in [-0.1, -0.05) is 12.1 Å². The van der Waals surface area contributed by atoms with Gasteiger partial charge in [0.1, 0.15) is 0 Å². The number of fused-ring (bicyclic) bond motifs is 2. The van der Waals surface area contributed by atoms with Gasteiger partial charge in [0, 0.05) is 5.69 Å². The summed E-state index contributed by atoms with van der Waals surface area (Å²) in [7, 11) is 0. The van der Waals surface area contributed by atoms with Crippen molar-refractivity contribution in [3.05, 3.63) is 53.1 Å². The number of ether oxygens (including phenoxy) is 2. The summed E-state index contributed by atoms with van der Waals surface area (Å²) in [6.07, 6.45) is 3.44. The monoisotopic (exact) mass is 324 g/mol.